The highest BCUT2D eigenvalue weighted by Gasteiger charge is 2.29. The Morgan fingerprint density at radius 2 is 0.736 bits per heavy atom. The summed E-state index contributed by atoms with van der Waals surface area (Å²) in [5.41, 5.74) is 4.61. The number of rotatable bonds is 19. The summed E-state index contributed by atoms with van der Waals surface area (Å²) in [6.45, 7) is 26.7. The van der Waals surface area contributed by atoms with Crippen LogP contribution >= 0.6 is 58.0 Å². The van der Waals surface area contributed by atoms with E-state index in [1.165, 1.54) is 115 Å². The van der Waals surface area contributed by atoms with Gasteiger partial charge >= 0.3 is 30.2 Å². The number of halogens is 5. The van der Waals surface area contributed by atoms with E-state index in [4.69, 9.17) is 58.0 Å². The maximum absolute atomic E-state index is 12.2. The molecule has 7 aromatic carbocycles. The molecule has 110 heavy (non-hydrogen) atoms. The smallest absolute Gasteiger partial charge is 0.319 e. The summed E-state index contributed by atoms with van der Waals surface area (Å²) in [4.78, 5) is 59.8. The van der Waals surface area contributed by atoms with Crippen molar-refractivity contribution in [3.8, 4) is 28.7 Å². The number of hydrogen-bond acceptors (Lipinski definition) is 15. The third-order valence-corrected chi connectivity index (χ3v) is 17.5. The second-order valence-corrected chi connectivity index (χ2v) is 31.7. The fraction of sp³-hybridized carbons (Fsp3) is 0.412. The minimum atomic E-state index is -0.899. The van der Waals surface area contributed by atoms with E-state index in [0.717, 1.165) is 36.0 Å². The molecule has 1 aliphatic rings. The van der Waals surface area contributed by atoms with Crippen molar-refractivity contribution in [2.24, 2.45) is 11.3 Å². The zero-order chi connectivity index (χ0) is 82.7. The molecule has 0 radical (unpaired) electrons. The summed E-state index contributed by atoms with van der Waals surface area (Å²) in [5.74, 6) is -0.401. The summed E-state index contributed by atoms with van der Waals surface area (Å²) >= 11 is 29.7. The molecule has 0 spiro atoms. The van der Waals surface area contributed by atoms with E-state index in [2.05, 4.69) is 73.9 Å². The van der Waals surface area contributed by atoms with Crippen LogP contribution in [0.15, 0.2) is 115 Å². The molecule has 25 nitrogen and oxygen atoms in total. The summed E-state index contributed by atoms with van der Waals surface area (Å²) in [5, 5.41) is 127. The molecule has 0 aliphatic heterocycles. The lowest BCUT2D eigenvalue weighted by Gasteiger charge is -2.33. The zero-order valence-electron chi connectivity index (χ0n) is 64.4. The Labute approximate surface area is 668 Å². The molecule has 1 saturated carbocycles. The number of anilines is 5. The van der Waals surface area contributed by atoms with Gasteiger partial charge in [-0.3, -0.25) is 0 Å². The SMILES string of the molecule is CC(O)c1cc(Cl)cc(NC(=O)NC(C)(C)C)c1O.CC(O)c1cc(Cl)cc(NC(=O)NC(C)(C)CC(C)(C)C)c1O.CC(O)c1cc(Cl)cc(NC(=O)NCC2CCCCC2)c1O.CC(O)c1cc(Cl)cc(NC(=O)NCCc2ccccc2)c1O.Cc1ccccc1CNC(=O)Nc1cc(Cl)cc(C(C)O)c1O. The average molecular weight is 1630 g/mol. The topological polar surface area (TPSA) is 408 Å². The number of benzene rings is 7. The van der Waals surface area contributed by atoms with Crippen molar-refractivity contribution >= 4 is 117 Å². The highest BCUT2D eigenvalue weighted by molar-refractivity contribution is 6.32. The number of aryl methyl sites for hydroxylation is 1. The first-order chi connectivity index (χ1) is 51.2. The van der Waals surface area contributed by atoms with E-state index >= 15 is 0 Å². The van der Waals surface area contributed by atoms with Gasteiger partial charge in [-0.25, -0.2) is 24.0 Å². The summed E-state index contributed by atoms with van der Waals surface area (Å²) in [6.07, 6.45) is 3.07. The molecule has 0 bridgehead atoms. The molecular formula is C80H107Cl5N10O15. The van der Waals surface area contributed by atoms with E-state index in [1.807, 2.05) is 96.1 Å². The lowest BCUT2D eigenvalue weighted by atomic mass is 9.82. The number of aromatic hydroxyl groups is 5. The van der Waals surface area contributed by atoms with Gasteiger partial charge < -0.3 is 104 Å². The van der Waals surface area contributed by atoms with Crippen LogP contribution < -0.4 is 53.2 Å². The van der Waals surface area contributed by atoms with Gasteiger partial charge in [-0.05, 0) is 191 Å². The summed E-state index contributed by atoms with van der Waals surface area (Å²) in [6, 6.07) is 29.8. The van der Waals surface area contributed by atoms with Crippen molar-refractivity contribution in [3.05, 3.63) is 185 Å². The van der Waals surface area contributed by atoms with Crippen LogP contribution in [-0.2, 0) is 13.0 Å². The van der Waals surface area contributed by atoms with Crippen LogP contribution in [0.4, 0.5) is 52.4 Å². The molecule has 8 rings (SSSR count). The molecule has 5 unspecified atom stereocenters. The Morgan fingerprint density at radius 3 is 1.07 bits per heavy atom. The van der Waals surface area contributed by atoms with Gasteiger partial charge in [-0.15, -0.1) is 0 Å². The molecule has 1 fully saturated rings. The number of amides is 10. The largest absolute Gasteiger partial charge is 0.505 e. The Bertz CT molecular complexity index is 4210. The first-order valence-corrected chi connectivity index (χ1v) is 37.6. The van der Waals surface area contributed by atoms with Gasteiger partial charge in [0, 0.05) is 83.6 Å². The maximum Gasteiger partial charge on any atom is 0.319 e. The fourth-order valence-corrected chi connectivity index (χ4v) is 12.7. The standard InChI is InChI=1S/2C17H19ClN2O3.C17H27ClN2O3.C16H23ClN2O3.C13H19ClN2O3/c1-10-5-3-4-6-12(10)9-19-17(23)20-15-8-13(18)7-14(11(2)21)16(15)22;1-11(21)14-9-13(18)10-15(16(14)22)20-17(23)19-8-7-12-5-3-2-4-6-12;1-10(21)12-7-11(18)8-13(14(12)22)19-15(23)20-17(5,6)9-16(2,3)4;1-10(20)13-7-12(17)8-14(15(13)21)19-16(22)18-9-11-5-3-2-4-6-11;1-7(17)9-5-8(14)6-10(11(9)18)15-12(19)16-13(2,3)4/h3-8,11,21-22H,9H2,1-2H3,(H2,19,20,23);2-6,9-11,21-22H,7-8H2,1H3,(H2,19,20,23);7-8,10,21-22H,9H2,1-6H3,(H2,19,20,23);7-8,10-11,20-21H,2-6,9H2,1H3,(H2,18,19,22);5-7,17-18H,1-4H3,(H2,15,16,19). The van der Waals surface area contributed by atoms with E-state index in [1.54, 1.807) is 0 Å². The van der Waals surface area contributed by atoms with Crippen LogP contribution in [0.1, 0.15) is 204 Å². The Hall–Kier alpha value is -8.86. The molecule has 10 amide bonds. The fourth-order valence-electron chi connectivity index (χ4n) is 11.6. The molecule has 0 aromatic heterocycles. The first-order valence-electron chi connectivity index (χ1n) is 35.7. The number of phenolic OH excluding ortho intramolecular Hbond substituents is 5. The number of aliphatic hydroxyl groups excluding tert-OH is 5. The van der Waals surface area contributed by atoms with Crippen molar-refractivity contribution in [2.45, 2.75) is 190 Å². The number of aliphatic hydroxyl groups is 5. The van der Waals surface area contributed by atoms with Crippen molar-refractivity contribution in [3.63, 3.8) is 0 Å². The third kappa shape index (κ3) is 33.0. The van der Waals surface area contributed by atoms with Gasteiger partial charge in [0.1, 0.15) is 28.7 Å². The summed E-state index contributed by atoms with van der Waals surface area (Å²) in [7, 11) is 0. The Kier molecular flexibility index (Phi) is 37.1. The Balaban J connectivity index is 0.000000291. The summed E-state index contributed by atoms with van der Waals surface area (Å²) < 4.78 is 0. The van der Waals surface area contributed by atoms with Crippen molar-refractivity contribution < 1.29 is 75.0 Å². The van der Waals surface area contributed by atoms with E-state index in [9.17, 15) is 75.0 Å². The van der Waals surface area contributed by atoms with Gasteiger partial charge in [-0.2, -0.15) is 0 Å². The Morgan fingerprint density at radius 1 is 0.418 bits per heavy atom. The molecule has 7 aromatic rings. The first kappa shape index (κ1) is 93.5. The van der Waals surface area contributed by atoms with Crippen LogP contribution in [0.25, 0.3) is 0 Å². The minimum absolute atomic E-state index is 0.0640. The molecule has 30 heteroatoms. The van der Waals surface area contributed by atoms with Gasteiger partial charge in [0.15, 0.2) is 0 Å². The lowest BCUT2D eigenvalue weighted by Crippen LogP contribution is -2.47. The average Bonchev–Trinajstić information content (AvgIpc) is 0.846. The van der Waals surface area contributed by atoms with Gasteiger partial charge in [0.05, 0.1) is 59.0 Å². The van der Waals surface area contributed by atoms with Crippen LogP contribution in [0, 0.1) is 18.3 Å². The highest BCUT2D eigenvalue weighted by Crippen LogP contribution is 2.40. The van der Waals surface area contributed by atoms with Crippen molar-refractivity contribution in [1.82, 2.24) is 26.6 Å². The van der Waals surface area contributed by atoms with Crippen LogP contribution in [0.3, 0.4) is 0 Å². The number of urea groups is 5. The molecule has 1 aliphatic carbocycles. The predicted molar refractivity (Wildman–Crippen MR) is 439 cm³/mol. The molecular weight excluding hydrogens is 1520 g/mol. The second-order valence-electron chi connectivity index (χ2n) is 29.6. The van der Waals surface area contributed by atoms with Crippen LogP contribution in [-0.4, -0.2) is 105 Å². The van der Waals surface area contributed by atoms with E-state index in [0.29, 0.717) is 57.1 Å². The number of carbonyl (C=O) groups is 5. The highest BCUT2D eigenvalue weighted by atomic mass is 35.5. The van der Waals surface area contributed by atoms with Gasteiger partial charge in [0.2, 0.25) is 0 Å². The number of hydrogen-bond donors (Lipinski definition) is 20. The number of carbonyl (C=O) groups excluding carboxylic acids is 5. The number of phenols is 5. The molecule has 0 saturated heterocycles. The van der Waals surface area contributed by atoms with Crippen molar-refractivity contribution in [1.29, 1.82) is 0 Å². The van der Waals surface area contributed by atoms with Gasteiger partial charge in [-0.1, -0.05) is 153 Å². The normalized spacial score (nSPS) is 13.4. The maximum atomic E-state index is 12.2. The minimum Gasteiger partial charge on any atom is -0.505 e. The van der Waals surface area contributed by atoms with E-state index in [-0.39, 0.29) is 96.4 Å². The zero-order valence-corrected chi connectivity index (χ0v) is 68.2. The quantitative estimate of drug-likeness (QED) is 0.0335. The van der Waals surface area contributed by atoms with Crippen LogP contribution in [0.2, 0.25) is 25.1 Å². The predicted octanol–water partition coefficient (Wildman–Crippen LogP) is 18.4. The van der Waals surface area contributed by atoms with Gasteiger partial charge in [0.25, 0.3) is 0 Å². The van der Waals surface area contributed by atoms with Crippen molar-refractivity contribution in [2.75, 3.05) is 39.7 Å². The van der Waals surface area contributed by atoms with Crippen LogP contribution in [0.5, 0.6) is 28.7 Å². The third-order valence-electron chi connectivity index (χ3n) is 16.4. The molecule has 5 atom stereocenters. The number of nitrogens with one attached hydrogen (secondary N) is 10. The lowest BCUT2D eigenvalue weighted by molar-refractivity contribution is 0.194. The second kappa shape index (κ2) is 43.7. The monoisotopic (exact) mass is 1620 g/mol. The molecule has 20 N–H and O–H groups in total. The molecule has 0 heterocycles. The molecule has 602 valence electrons. The van der Waals surface area contributed by atoms with E-state index < -0.39 is 65.7 Å².